The molecule has 1 aliphatic carbocycles. The maximum Gasteiger partial charge on any atom is 0.243 e. The number of sulfonamides is 1. The Labute approximate surface area is 111 Å². The SMILES string of the molecule is O=S(=O)(c1cc(F)cc(F)c1)N1C[C@@H]2CC[CH][C@@H]2C1. The van der Waals surface area contributed by atoms with E-state index in [0.717, 1.165) is 25.0 Å². The highest BCUT2D eigenvalue weighted by Gasteiger charge is 2.41. The predicted octanol–water partition coefficient (Wildman–Crippen LogP) is 2.20. The molecule has 6 heteroatoms. The summed E-state index contributed by atoms with van der Waals surface area (Å²) in [4.78, 5) is -0.301. The molecule has 0 spiro atoms. The van der Waals surface area contributed by atoms with Crippen LogP contribution in [0.5, 0.6) is 0 Å². The molecule has 1 radical (unpaired) electrons. The third kappa shape index (κ3) is 2.27. The van der Waals surface area contributed by atoms with Crippen LogP contribution in [0.4, 0.5) is 8.78 Å². The predicted molar refractivity (Wildman–Crippen MR) is 65.6 cm³/mol. The van der Waals surface area contributed by atoms with Crippen molar-refractivity contribution in [3.8, 4) is 0 Å². The van der Waals surface area contributed by atoms with Crippen molar-refractivity contribution >= 4 is 10.0 Å². The van der Waals surface area contributed by atoms with Crippen LogP contribution in [-0.4, -0.2) is 25.8 Å². The van der Waals surface area contributed by atoms with E-state index >= 15 is 0 Å². The van der Waals surface area contributed by atoms with Crippen LogP contribution < -0.4 is 0 Å². The Balaban J connectivity index is 1.91. The van der Waals surface area contributed by atoms with Crippen molar-refractivity contribution in [1.29, 1.82) is 0 Å². The van der Waals surface area contributed by atoms with E-state index in [2.05, 4.69) is 6.42 Å². The highest BCUT2D eigenvalue weighted by molar-refractivity contribution is 7.89. The number of hydrogen-bond donors (Lipinski definition) is 0. The van der Waals surface area contributed by atoms with Gasteiger partial charge in [0.05, 0.1) is 4.90 Å². The van der Waals surface area contributed by atoms with E-state index in [4.69, 9.17) is 0 Å². The van der Waals surface area contributed by atoms with Gasteiger partial charge in [-0.05, 0) is 43.2 Å². The Morgan fingerprint density at radius 3 is 2.42 bits per heavy atom. The fourth-order valence-corrected chi connectivity index (χ4v) is 4.55. The van der Waals surface area contributed by atoms with Crippen molar-refractivity contribution in [2.45, 2.75) is 17.7 Å². The molecule has 2 atom stereocenters. The second kappa shape index (κ2) is 4.52. The van der Waals surface area contributed by atoms with Crippen molar-refractivity contribution in [3.05, 3.63) is 36.3 Å². The summed E-state index contributed by atoms with van der Waals surface area (Å²) in [6, 6.07) is 2.41. The molecule has 1 heterocycles. The molecule has 0 bridgehead atoms. The minimum absolute atomic E-state index is 0.285. The van der Waals surface area contributed by atoms with Crippen molar-refractivity contribution < 1.29 is 17.2 Å². The Morgan fingerprint density at radius 1 is 1.11 bits per heavy atom. The van der Waals surface area contributed by atoms with E-state index in [0.29, 0.717) is 25.1 Å². The standard InChI is InChI=1S/C13H14F2NO2S/c14-11-4-12(15)6-13(5-11)19(17,18)16-7-9-2-1-3-10(9)8-16/h2,4-6,9-10H,1,3,7-8H2/t9-,10+/m1/s1. The zero-order valence-electron chi connectivity index (χ0n) is 10.2. The third-order valence-electron chi connectivity index (χ3n) is 3.94. The maximum atomic E-state index is 13.1. The molecule has 1 aromatic rings. The number of rotatable bonds is 2. The van der Waals surface area contributed by atoms with E-state index in [1.54, 1.807) is 0 Å². The molecule has 1 saturated heterocycles. The second-order valence-electron chi connectivity index (χ2n) is 5.16. The van der Waals surface area contributed by atoms with E-state index < -0.39 is 21.7 Å². The minimum atomic E-state index is -3.79. The summed E-state index contributed by atoms with van der Waals surface area (Å²) >= 11 is 0. The largest absolute Gasteiger partial charge is 0.243 e. The summed E-state index contributed by atoms with van der Waals surface area (Å²) in [7, 11) is -3.79. The molecule has 1 saturated carbocycles. The average Bonchev–Trinajstić information content (AvgIpc) is 2.87. The van der Waals surface area contributed by atoms with Crippen molar-refractivity contribution in [1.82, 2.24) is 4.31 Å². The first-order chi connectivity index (χ1) is 8.96. The molecule has 3 rings (SSSR count). The Morgan fingerprint density at radius 2 is 1.79 bits per heavy atom. The average molecular weight is 286 g/mol. The molecule has 19 heavy (non-hydrogen) atoms. The van der Waals surface area contributed by atoms with Crippen LogP contribution in [0, 0.1) is 29.9 Å². The zero-order valence-corrected chi connectivity index (χ0v) is 11.0. The summed E-state index contributed by atoms with van der Waals surface area (Å²) in [6.45, 7) is 0.868. The zero-order chi connectivity index (χ0) is 13.6. The highest BCUT2D eigenvalue weighted by Crippen LogP contribution is 2.39. The van der Waals surface area contributed by atoms with Crippen LogP contribution in [0.15, 0.2) is 23.1 Å². The molecule has 0 amide bonds. The van der Waals surface area contributed by atoms with Crippen molar-refractivity contribution in [2.75, 3.05) is 13.1 Å². The molecule has 2 fully saturated rings. The molecule has 1 aromatic carbocycles. The first kappa shape index (κ1) is 13.0. The second-order valence-corrected chi connectivity index (χ2v) is 7.10. The summed E-state index contributed by atoms with van der Waals surface area (Å²) in [6.07, 6.45) is 4.17. The minimum Gasteiger partial charge on any atom is -0.207 e. The highest BCUT2D eigenvalue weighted by atomic mass is 32.2. The van der Waals surface area contributed by atoms with E-state index in [9.17, 15) is 17.2 Å². The molecule has 2 aliphatic rings. The molecule has 103 valence electrons. The van der Waals surface area contributed by atoms with Crippen molar-refractivity contribution in [3.63, 3.8) is 0 Å². The van der Waals surface area contributed by atoms with Gasteiger partial charge in [-0.1, -0.05) is 0 Å². The van der Waals surface area contributed by atoms with Gasteiger partial charge in [0.15, 0.2) is 0 Å². The van der Waals surface area contributed by atoms with Crippen LogP contribution >= 0.6 is 0 Å². The lowest BCUT2D eigenvalue weighted by molar-refractivity contribution is 0.449. The van der Waals surface area contributed by atoms with Crippen LogP contribution in [-0.2, 0) is 10.0 Å². The van der Waals surface area contributed by atoms with Crippen molar-refractivity contribution in [2.24, 2.45) is 11.8 Å². The van der Waals surface area contributed by atoms with Gasteiger partial charge in [-0.3, -0.25) is 0 Å². The lowest BCUT2D eigenvalue weighted by atomic mass is 10.0. The lowest BCUT2D eigenvalue weighted by Gasteiger charge is -2.17. The molecule has 0 N–H and O–H groups in total. The molecular weight excluding hydrogens is 272 g/mol. The Hall–Kier alpha value is -1.01. The van der Waals surface area contributed by atoms with Gasteiger partial charge in [0.2, 0.25) is 10.0 Å². The Kier molecular flexibility index (Phi) is 3.09. The number of fused-ring (bicyclic) bond motifs is 1. The van der Waals surface area contributed by atoms with Gasteiger partial charge >= 0.3 is 0 Å². The molecule has 3 nitrogen and oxygen atoms in total. The number of benzene rings is 1. The summed E-state index contributed by atoms with van der Waals surface area (Å²) in [5.41, 5.74) is 0. The van der Waals surface area contributed by atoms with Gasteiger partial charge in [-0.25, -0.2) is 17.2 Å². The van der Waals surface area contributed by atoms with Crippen LogP contribution in [0.1, 0.15) is 12.8 Å². The normalized spacial score (nSPS) is 27.7. The van der Waals surface area contributed by atoms with Gasteiger partial charge in [0.25, 0.3) is 0 Å². The van der Waals surface area contributed by atoms with Gasteiger partial charge in [0.1, 0.15) is 11.6 Å². The van der Waals surface area contributed by atoms with Gasteiger partial charge in [-0.2, -0.15) is 4.31 Å². The molecule has 1 aliphatic heterocycles. The number of hydrogen-bond acceptors (Lipinski definition) is 2. The van der Waals surface area contributed by atoms with Gasteiger partial charge in [0, 0.05) is 19.2 Å². The van der Waals surface area contributed by atoms with Crippen LogP contribution in [0.25, 0.3) is 0 Å². The maximum absolute atomic E-state index is 13.1. The summed E-state index contributed by atoms with van der Waals surface area (Å²) in [5.74, 6) is -1.10. The number of halogens is 2. The third-order valence-corrected chi connectivity index (χ3v) is 5.75. The quantitative estimate of drug-likeness (QED) is 0.836. The monoisotopic (exact) mass is 286 g/mol. The van der Waals surface area contributed by atoms with Crippen LogP contribution in [0.3, 0.4) is 0 Å². The summed E-state index contributed by atoms with van der Waals surface area (Å²) < 4.78 is 52.3. The van der Waals surface area contributed by atoms with E-state index in [1.165, 1.54) is 4.31 Å². The Bertz CT molecular complexity index is 570. The lowest BCUT2D eigenvalue weighted by Crippen LogP contribution is -2.29. The van der Waals surface area contributed by atoms with Gasteiger partial charge < -0.3 is 0 Å². The fourth-order valence-electron chi connectivity index (χ4n) is 2.98. The summed E-state index contributed by atoms with van der Waals surface area (Å²) in [5, 5.41) is 0. The first-order valence-corrected chi connectivity index (χ1v) is 7.70. The fraction of sp³-hybridized carbons (Fsp3) is 0.462. The van der Waals surface area contributed by atoms with E-state index in [1.807, 2.05) is 0 Å². The smallest absolute Gasteiger partial charge is 0.207 e. The molecule has 0 aromatic heterocycles. The number of nitrogens with zero attached hydrogens (tertiary/aromatic N) is 1. The first-order valence-electron chi connectivity index (χ1n) is 6.26. The molecular formula is C13H14F2NO2S. The van der Waals surface area contributed by atoms with Crippen LogP contribution in [0.2, 0.25) is 0 Å². The molecule has 0 unspecified atom stereocenters. The van der Waals surface area contributed by atoms with E-state index in [-0.39, 0.29) is 10.8 Å². The van der Waals surface area contributed by atoms with Gasteiger partial charge in [-0.15, -0.1) is 0 Å². The topological polar surface area (TPSA) is 37.4 Å².